The third kappa shape index (κ3) is 5.04. The SMILES string of the molecule is CC[C@@H]1CN(C(C)=O)CC[C@@H]1N[C@@H](C)C(=O)NCc1cccs1. The van der Waals surface area contributed by atoms with Gasteiger partial charge in [0.2, 0.25) is 11.8 Å². The normalized spacial score (nSPS) is 22.7. The molecule has 2 heterocycles. The Labute approximate surface area is 142 Å². The highest BCUT2D eigenvalue weighted by molar-refractivity contribution is 7.09. The van der Waals surface area contributed by atoms with E-state index in [1.165, 1.54) is 0 Å². The molecular formula is C17H27N3O2S. The molecule has 23 heavy (non-hydrogen) atoms. The molecule has 1 aliphatic rings. The van der Waals surface area contributed by atoms with E-state index >= 15 is 0 Å². The first-order valence-corrected chi connectivity index (χ1v) is 9.20. The number of hydrogen-bond donors (Lipinski definition) is 2. The highest BCUT2D eigenvalue weighted by Crippen LogP contribution is 2.21. The highest BCUT2D eigenvalue weighted by Gasteiger charge is 2.30. The summed E-state index contributed by atoms with van der Waals surface area (Å²) in [6.07, 6.45) is 1.91. The maximum Gasteiger partial charge on any atom is 0.237 e. The number of amides is 2. The van der Waals surface area contributed by atoms with E-state index in [9.17, 15) is 9.59 Å². The summed E-state index contributed by atoms with van der Waals surface area (Å²) in [5.74, 6) is 0.575. The van der Waals surface area contributed by atoms with Crippen molar-refractivity contribution in [2.45, 2.75) is 52.2 Å². The van der Waals surface area contributed by atoms with Crippen LogP contribution in [0, 0.1) is 5.92 Å². The fraction of sp³-hybridized carbons (Fsp3) is 0.647. The molecule has 6 heteroatoms. The van der Waals surface area contributed by atoms with Crippen LogP contribution in [0.4, 0.5) is 0 Å². The Balaban J connectivity index is 1.82. The zero-order valence-electron chi connectivity index (χ0n) is 14.2. The van der Waals surface area contributed by atoms with Gasteiger partial charge in [-0.05, 0) is 30.7 Å². The van der Waals surface area contributed by atoms with E-state index in [0.29, 0.717) is 12.5 Å². The van der Waals surface area contributed by atoms with Gasteiger partial charge in [0.1, 0.15) is 0 Å². The second-order valence-corrected chi connectivity index (χ2v) is 7.25. The fourth-order valence-electron chi connectivity index (χ4n) is 3.09. The van der Waals surface area contributed by atoms with Crippen molar-refractivity contribution >= 4 is 23.2 Å². The quantitative estimate of drug-likeness (QED) is 0.834. The molecule has 5 nitrogen and oxygen atoms in total. The summed E-state index contributed by atoms with van der Waals surface area (Å²) in [6.45, 7) is 7.82. The third-order valence-corrected chi connectivity index (χ3v) is 5.45. The van der Waals surface area contributed by atoms with Gasteiger partial charge >= 0.3 is 0 Å². The number of rotatable bonds is 6. The predicted molar refractivity (Wildman–Crippen MR) is 93.2 cm³/mol. The monoisotopic (exact) mass is 337 g/mol. The van der Waals surface area contributed by atoms with Crippen LogP contribution < -0.4 is 10.6 Å². The van der Waals surface area contributed by atoms with E-state index in [4.69, 9.17) is 0 Å². The van der Waals surface area contributed by atoms with Gasteiger partial charge in [-0.1, -0.05) is 19.4 Å². The number of nitrogens with zero attached hydrogens (tertiary/aromatic N) is 1. The number of carbonyl (C=O) groups is 2. The maximum atomic E-state index is 12.2. The Morgan fingerprint density at radius 2 is 2.26 bits per heavy atom. The van der Waals surface area contributed by atoms with Crippen LogP contribution in [-0.4, -0.2) is 41.9 Å². The van der Waals surface area contributed by atoms with Gasteiger partial charge in [-0.2, -0.15) is 0 Å². The molecule has 0 bridgehead atoms. The van der Waals surface area contributed by atoms with E-state index in [0.717, 1.165) is 30.8 Å². The van der Waals surface area contributed by atoms with Crippen LogP contribution in [0.3, 0.4) is 0 Å². The molecule has 2 rings (SSSR count). The van der Waals surface area contributed by atoms with Crippen LogP contribution in [0.15, 0.2) is 17.5 Å². The van der Waals surface area contributed by atoms with Crippen molar-refractivity contribution in [3.63, 3.8) is 0 Å². The van der Waals surface area contributed by atoms with Gasteiger partial charge in [-0.25, -0.2) is 0 Å². The van der Waals surface area contributed by atoms with E-state index < -0.39 is 0 Å². The van der Waals surface area contributed by atoms with E-state index in [1.54, 1.807) is 18.3 Å². The summed E-state index contributed by atoms with van der Waals surface area (Å²) < 4.78 is 0. The molecule has 0 radical (unpaired) electrons. The van der Waals surface area contributed by atoms with Crippen molar-refractivity contribution in [3.05, 3.63) is 22.4 Å². The largest absolute Gasteiger partial charge is 0.350 e. The summed E-state index contributed by atoms with van der Waals surface area (Å²) in [4.78, 5) is 26.9. The van der Waals surface area contributed by atoms with Crippen LogP contribution in [0.2, 0.25) is 0 Å². The van der Waals surface area contributed by atoms with Gasteiger partial charge in [0.15, 0.2) is 0 Å². The van der Waals surface area contributed by atoms with Crippen LogP contribution in [0.25, 0.3) is 0 Å². The fourth-order valence-corrected chi connectivity index (χ4v) is 3.73. The van der Waals surface area contributed by atoms with Crippen molar-refractivity contribution in [2.24, 2.45) is 5.92 Å². The van der Waals surface area contributed by atoms with Crippen LogP contribution in [0.5, 0.6) is 0 Å². The zero-order chi connectivity index (χ0) is 16.8. The van der Waals surface area contributed by atoms with Gasteiger partial charge in [0.05, 0.1) is 12.6 Å². The third-order valence-electron chi connectivity index (χ3n) is 4.58. The van der Waals surface area contributed by atoms with Gasteiger partial charge in [-0.15, -0.1) is 11.3 Å². The van der Waals surface area contributed by atoms with E-state index in [2.05, 4.69) is 17.6 Å². The zero-order valence-corrected chi connectivity index (χ0v) is 15.0. The van der Waals surface area contributed by atoms with Crippen LogP contribution >= 0.6 is 11.3 Å². The minimum absolute atomic E-state index is 0.0299. The lowest BCUT2D eigenvalue weighted by Crippen LogP contribution is -2.55. The summed E-state index contributed by atoms with van der Waals surface area (Å²) in [5.41, 5.74) is 0. The molecule has 3 atom stereocenters. The van der Waals surface area contributed by atoms with Gasteiger partial charge in [0, 0.05) is 30.9 Å². The Hall–Kier alpha value is -1.40. The number of carbonyl (C=O) groups excluding carboxylic acids is 2. The van der Waals surface area contributed by atoms with E-state index in [1.807, 2.05) is 29.3 Å². The maximum absolute atomic E-state index is 12.2. The minimum Gasteiger partial charge on any atom is -0.350 e. The molecule has 1 aromatic heterocycles. The van der Waals surface area contributed by atoms with Crippen molar-refractivity contribution < 1.29 is 9.59 Å². The molecule has 1 saturated heterocycles. The second kappa shape index (κ2) is 8.45. The molecule has 0 saturated carbocycles. The average Bonchev–Trinajstić information content (AvgIpc) is 3.06. The van der Waals surface area contributed by atoms with Crippen molar-refractivity contribution in [1.82, 2.24) is 15.5 Å². The molecule has 0 aromatic carbocycles. The Morgan fingerprint density at radius 3 is 2.87 bits per heavy atom. The lowest BCUT2D eigenvalue weighted by Gasteiger charge is -2.39. The van der Waals surface area contributed by atoms with Gasteiger partial charge < -0.3 is 15.5 Å². The molecule has 2 amide bonds. The molecule has 0 unspecified atom stereocenters. The predicted octanol–water partition coefficient (Wildman–Crippen LogP) is 1.99. The first kappa shape index (κ1) is 17.9. The number of hydrogen-bond acceptors (Lipinski definition) is 4. The van der Waals surface area contributed by atoms with Gasteiger partial charge in [-0.3, -0.25) is 9.59 Å². The molecule has 1 aliphatic heterocycles. The molecule has 0 aliphatic carbocycles. The Kier molecular flexibility index (Phi) is 6.59. The molecule has 128 valence electrons. The first-order chi connectivity index (χ1) is 11.0. The van der Waals surface area contributed by atoms with E-state index in [-0.39, 0.29) is 23.9 Å². The summed E-state index contributed by atoms with van der Waals surface area (Å²) in [6, 6.07) is 4.08. The first-order valence-electron chi connectivity index (χ1n) is 8.33. The second-order valence-electron chi connectivity index (χ2n) is 6.21. The molecule has 2 N–H and O–H groups in total. The lowest BCUT2D eigenvalue weighted by atomic mass is 9.89. The summed E-state index contributed by atoms with van der Waals surface area (Å²) in [5, 5.41) is 8.45. The Morgan fingerprint density at radius 1 is 1.48 bits per heavy atom. The lowest BCUT2D eigenvalue weighted by molar-refractivity contribution is -0.131. The van der Waals surface area contributed by atoms with Crippen molar-refractivity contribution in [2.75, 3.05) is 13.1 Å². The standard InChI is InChI=1S/C17H27N3O2S/c1-4-14-11-20(13(3)21)8-7-16(14)19-12(2)17(22)18-10-15-6-5-9-23-15/h5-6,9,12,14,16,19H,4,7-8,10-11H2,1-3H3,(H,18,22)/t12-,14+,16-/m0/s1. The highest BCUT2D eigenvalue weighted by atomic mass is 32.1. The summed E-state index contributed by atoms with van der Waals surface area (Å²) in [7, 11) is 0. The molecule has 0 spiro atoms. The van der Waals surface area contributed by atoms with Crippen LogP contribution in [0.1, 0.15) is 38.5 Å². The topological polar surface area (TPSA) is 61.4 Å². The average molecular weight is 337 g/mol. The molecule has 1 fully saturated rings. The summed E-state index contributed by atoms with van der Waals surface area (Å²) >= 11 is 1.65. The van der Waals surface area contributed by atoms with Crippen LogP contribution in [-0.2, 0) is 16.1 Å². The molecule has 1 aromatic rings. The number of nitrogens with one attached hydrogen (secondary N) is 2. The number of piperidine rings is 1. The van der Waals surface area contributed by atoms with Crippen molar-refractivity contribution in [3.8, 4) is 0 Å². The minimum atomic E-state index is -0.224. The number of thiophene rings is 1. The van der Waals surface area contributed by atoms with Gasteiger partial charge in [0.25, 0.3) is 0 Å². The smallest absolute Gasteiger partial charge is 0.237 e. The molecular weight excluding hydrogens is 310 g/mol. The Bertz CT molecular complexity index is 518. The van der Waals surface area contributed by atoms with Crippen molar-refractivity contribution in [1.29, 1.82) is 0 Å². The number of likely N-dealkylation sites (tertiary alicyclic amines) is 1.